The van der Waals surface area contributed by atoms with Crippen LogP contribution in [0.15, 0.2) is 117 Å². The molecule has 8 aliphatic rings. The van der Waals surface area contributed by atoms with Crippen molar-refractivity contribution in [3.8, 4) is 0 Å². The van der Waals surface area contributed by atoms with Crippen LogP contribution in [-0.2, 0) is 29.4 Å². The standard InChI is InChI=1S/C63H74F5N9O9S3/c1-60(2)22-20-42(48(35-60)61-38-62(39-61,40-61)59(64)65)36-75-30-32-76(33-31-75)44-14-12-41(13-15-44)55(79)72-89(85,86)46-16-17-49(52(34-46)88(83,84)63(66,67)68)70-43(37-87-45-8-4-3-5-9-45)21-25-74-28-26-73(27-29-74)24-7-23-69-50-11-6-10-47-54(50)58(82)77(57(47)81)51-18-19-53(78)71-56(51)80/h3-6,8-17,34,43,51,59,69-70H,7,18-33,35-40H2,1-2H3,(H,72,79)(H,71,78,80). The highest BCUT2D eigenvalue weighted by molar-refractivity contribution is 7.99. The molecule has 3 saturated carbocycles. The Kier molecular flexibility index (Phi) is 18.2. The van der Waals surface area contributed by atoms with Crippen LogP contribution in [0.5, 0.6) is 0 Å². The Morgan fingerprint density at radius 1 is 0.775 bits per heavy atom. The summed E-state index contributed by atoms with van der Waals surface area (Å²) in [5.41, 5.74) is -2.65. The number of benzene rings is 4. The Balaban J connectivity index is 0.688. The Labute approximate surface area is 519 Å². The van der Waals surface area contributed by atoms with E-state index in [0.717, 1.165) is 66.5 Å². The molecule has 26 heteroatoms. The zero-order valence-electron chi connectivity index (χ0n) is 49.7. The number of sulfone groups is 1. The molecule has 2 atom stereocenters. The number of imide groups is 2. The molecule has 478 valence electrons. The predicted octanol–water partition coefficient (Wildman–Crippen LogP) is 8.65. The van der Waals surface area contributed by atoms with Gasteiger partial charge in [-0.25, -0.2) is 30.3 Å². The van der Waals surface area contributed by atoms with E-state index in [1.807, 2.05) is 35.1 Å². The lowest BCUT2D eigenvalue weighted by Crippen LogP contribution is -2.66. The van der Waals surface area contributed by atoms with Crippen LogP contribution in [0.4, 0.5) is 39.0 Å². The molecule has 4 heterocycles. The number of anilines is 3. The monoisotopic (exact) mass is 1290 g/mol. The van der Waals surface area contributed by atoms with Crippen molar-refractivity contribution in [1.29, 1.82) is 0 Å². The van der Waals surface area contributed by atoms with Gasteiger partial charge in [-0.2, -0.15) is 13.2 Å². The van der Waals surface area contributed by atoms with Gasteiger partial charge in [-0.15, -0.1) is 11.8 Å². The largest absolute Gasteiger partial charge is 0.501 e. The van der Waals surface area contributed by atoms with Gasteiger partial charge in [0.1, 0.15) is 10.9 Å². The van der Waals surface area contributed by atoms with Crippen molar-refractivity contribution >= 4 is 78.2 Å². The number of rotatable bonds is 23. The minimum atomic E-state index is -6.16. The molecule has 3 saturated heterocycles. The number of piperazine rings is 2. The van der Waals surface area contributed by atoms with Gasteiger partial charge in [0.05, 0.1) is 21.7 Å². The van der Waals surface area contributed by atoms with E-state index in [2.05, 4.69) is 49.4 Å². The van der Waals surface area contributed by atoms with Crippen molar-refractivity contribution in [2.75, 3.05) is 99.8 Å². The third-order valence-corrected chi connectivity index (χ3v) is 23.0. The maximum absolute atomic E-state index is 14.5. The van der Waals surface area contributed by atoms with Gasteiger partial charge < -0.3 is 25.3 Å². The number of carbonyl (C=O) groups excluding carboxylic acids is 5. The SMILES string of the molecule is CC1(C)CCC(CN2CCN(c3ccc(C(=O)NS(=O)(=O)c4ccc(NC(CCN5CCN(CCCNc6cccc7c6C(=O)N(C6CCC(=O)NC6=O)C7=O)CC5)CSc5ccccc5)c(S(=O)(=O)C(F)(F)F)c4)cc3)CC2)=C(C23CC(C(F)F)(C2)C3)C1. The summed E-state index contributed by atoms with van der Waals surface area (Å²) in [7, 11) is -11.1. The van der Waals surface area contributed by atoms with Gasteiger partial charge in [0.2, 0.25) is 18.2 Å². The Morgan fingerprint density at radius 3 is 2.11 bits per heavy atom. The summed E-state index contributed by atoms with van der Waals surface area (Å²) in [6.07, 6.45) is 3.52. The maximum Gasteiger partial charge on any atom is 0.501 e. The number of nitrogens with one attached hydrogen (secondary N) is 4. The van der Waals surface area contributed by atoms with E-state index in [0.29, 0.717) is 109 Å². The van der Waals surface area contributed by atoms with Crippen LogP contribution in [0.2, 0.25) is 0 Å². The fourth-order valence-electron chi connectivity index (χ4n) is 14.0. The molecule has 18 nitrogen and oxygen atoms in total. The van der Waals surface area contributed by atoms with E-state index in [1.54, 1.807) is 24.3 Å². The Hall–Kier alpha value is -6.45. The lowest BCUT2D eigenvalue weighted by Gasteiger charge is -2.72. The molecule has 5 amide bonds. The summed E-state index contributed by atoms with van der Waals surface area (Å²) < 4.78 is 127. The first kappa shape index (κ1) is 64.1. The summed E-state index contributed by atoms with van der Waals surface area (Å²) in [5, 5.41) is 8.50. The van der Waals surface area contributed by atoms with Crippen molar-refractivity contribution in [2.45, 2.75) is 117 Å². The van der Waals surface area contributed by atoms with E-state index in [1.165, 1.54) is 41.1 Å². The topological polar surface area (TPSA) is 218 Å². The van der Waals surface area contributed by atoms with Gasteiger partial charge in [-0.1, -0.05) is 49.3 Å². The van der Waals surface area contributed by atoms with Gasteiger partial charge in [-0.3, -0.25) is 39.1 Å². The fraction of sp³-hybridized carbons (Fsp3) is 0.508. The second kappa shape index (κ2) is 25.3. The smallest absolute Gasteiger partial charge is 0.384 e. The maximum atomic E-state index is 14.5. The second-order valence-corrected chi connectivity index (χ2v) is 30.3. The highest BCUT2D eigenvalue weighted by Crippen LogP contribution is 2.79. The molecule has 4 aliphatic carbocycles. The number of carbonyl (C=O) groups is 5. The van der Waals surface area contributed by atoms with Gasteiger partial charge in [0.15, 0.2) is 0 Å². The second-order valence-electron chi connectivity index (χ2n) is 25.6. The van der Waals surface area contributed by atoms with Crippen molar-refractivity contribution in [3.63, 3.8) is 0 Å². The number of sulfonamides is 1. The minimum Gasteiger partial charge on any atom is -0.384 e. The normalized spacial score (nSPS) is 23.8. The molecule has 6 fully saturated rings. The number of piperidine rings is 1. The number of alkyl halides is 5. The first-order valence-corrected chi connectivity index (χ1v) is 34.3. The van der Waals surface area contributed by atoms with Crippen LogP contribution in [0, 0.1) is 16.2 Å². The number of thioether (sulfide) groups is 1. The number of hydrogen-bond donors (Lipinski definition) is 4. The quantitative estimate of drug-likeness (QED) is 0.0180. The predicted molar refractivity (Wildman–Crippen MR) is 327 cm³/mol. The number of halogens is 5. The van der Waals surface area contributed by atoms with Crippen LogP contribution >= 0.6 is 11.8 Å². The third kappa shape index (κ3) is 13.5. The Morgan fingerprint density at radius 2 is 1.45 bits per heavy atom. The van der Waals surface area contributed by atoms with Crippen molar-refractivity contribution in [3.05, 3.63) is 119 Å². The molecule has 4 aliphatic heterocycles. The van der Waals surface area contributed by atoms with Gasteiger partial charge in [-0.05, 0) is 142 Å². The lowest BCUT2D eigenvalue weighted by molar-refractivity contribution is -0.250. The summed E-state index contributed by atoms with van der Waals surface area (Å²) in [4.78, 5) is 73.3. The molecule has 2 unspecified atom stereocenters. The van der Waals surface area contributed by atoms with Crippen molar-refractivity contribution < 1.29 is 62.8 Å². The van der Waals surface area contributed by atoms with Gasteiger partial charge >= 0.3 is 5.51 Å². The summed E-state index contributed by atoms with van der Waals surface area (Å²) in [5.74, 6) is -3.13. The van der Waals surface area contributed by atoms with E-state index in [4.69, 9.17) is 0 Å². The van der Waals surface area contributed by atoms with Crippen LogP contribution in [0.25, 0.3) is 0 Å². The Bertz CT molecular complexity index is 3630. The van der Waals surface area contributed by atoms with Crippen LogP contribution in [-0.4, -0.2) is 174 Å². The number of allylic oxidation sites excluding steroid dienone is 1. The molecule has 0 radical (unpaired) electrons. The van der Waals surface area contributed by atoms with Crippen LogP contribution in [0.1, 0.15) is 109 Å². The minimum absolute atomic E-state index is 0.0112. The molecular formula is C63H74F5N9O9S3. The van der Waals surface area contributed by atoms with E-state index < -0.39 is 94.3 Å². The number of hydrogen-bond acceptors (Lipinski definition) is 16. The van der Waals surface area contributed by atoms with Crippen LogP contribution < -0.4 is 25.6 Å². The zero-order chi connectivity index (χ0) is 63.3. The number of amides is 5. The molecule has 4 aromatic carbocycles. The number of fused-ring (bicyclic) bond motifs is 1. The van der Waals surface area contributed by atoms with E-state index in [9.17, 15) is 62.8 Å². The molecule has 2 bridgehead atoms. The molecule has 0 aromatic heterocycles. The van der Waals surface area contributed by atoms with E-state index >= 15 is 0 Å². The summed E-state index contributed by atoms with van der Waals surface area (Å²) >= 11 is 1.41. The van der Waals surface area contributed by atoms with Gasteiger partial charge in [0.25, 0.3) is 37.6 Å². The van der Waals surface area contributed by atoms with Gasteiger partial charge in [0, 0.05) is 117 Å². The molecule has 12 rings (SSSR count). The van der Waals surface area contributed by atoms with Crippen LogP contribution in [0.3, 0.4) is 0 Å². The molecular weight excluding hydrogens is 1220 g/mol. The molecule has 4 aromatic rings. The van der Waals surface area contributed by atoms with Crippen molar-refractivity contribution in [2.24, 2.45) is 16.2 Å². The zero-order valence-corrected chi connectivity index (χ0v) is 52.1. The highest BCUT2D eigenvalue weighted by Gasteiger charge is 2.73. The summed E-state index contributed by atoms with van der Waals surface area (Å²) in [6.45, 7) is 12.5. The van der Waals surface area contributed by atoms with Crippen molar-refractivity contribution in [1.82, 2.24) is 29.6 Å². The lowest BCUT2D eigenvalue weighted by atomic mass is 9.32. The third-order valence-electron chi connectivity index (χ3n) is 19.0. The van der Waals surface area contributed by atoms with E-state index in [-0.39, 0.29) is 40.4 Å². The summed E-state index contributed by atoms with van der Waals surface area (Å²) in [6, 6.07) is 21.1. The first-order valence-electron chi connectivity index (χ1n) is 30.3. The average molecular weight is 1290 g/mol. The fourth-order valence-corrected chi connectivity index (χ4v) is 17.0. The number of nitrogens with zero attached hydrogens (tertiary/aromatic N) is 5. The molecule has 0 spiro atoms. The highest BCUT2D eigenvalue weighted by atomic mass is 32.2. The molecule has 4 N–H and O–H groups in total. The average Bonchev–Trinajstić information content (AvgIpc) is 1.10. The first-order chi connectivity index (χ1) is 42.2. The molecule has 89 heavy (non-hydrogen) atoms.